The summed E-state index contributed by atoms with van der Waals surface area (Å²) in [6.07, 6.45) is 5.89. The van der Waals surface area contributed by atoms with Crippen molar-refractivity contribution in [1.82, 2.24) is 4.72 Å². The van der Waals surface area contributed by atoms with E-state index in [0.29, 0.717) is 18.0 Å². The van der Waals surface area contributed by atoms with Crippen LogP contribution >= 0.6 is 0 Å². The van der Waals surface area contributed by atoms with Crippen LogP contribution < -0.4 is 4.72 Å². The van der Waals surface area contributed by atoms with E-state index in [1.165, 1.54) is 31.7 Å². The molecule has 1 fully saturated rings. The molecule has 1 aliphatic carbocycles. The Bertz CT molecular complexity index is 556. The van der Waals surface area contributed by atoms with Gasteiger partial charge < -0.3 is 5.11 Å². The molecule has 5 heteroatoms. The van der Waals surface area contributed by atoms with Crippen molar-refractivity contribution in [3.8, 4) is 0 Å². The molecule has 2 atom stereocenters. The maximum atomic E-state index is 12.2. The lowest BCUT2D eigenvalue weighted by molar-refractivity contribution is 0.271. The molecule has 21 heavy (non-hydrogen) atoms. The number of aliphatic hydroxyl groups excluding tert-OH is 1. The van der Waals surface area contributed by atoms with E-state index < -0.39 is 10.0 Å². The molecule has 0 radical (unpaired) electrons. The first-order valence-electron chi connectivity index (χ1n) is 7.70. The molecule has 0 saturated heterocycles. The topological polar surface area (TPSA) is 66.4 Å². The van der Waals surface area contributed by atoms with Crippen LogP contribution in [0.5, 0.6) is 0 Å². The molecule has 1 aromatic rings. The molecule has 1 aliphatic rings. The van der Waals surface area contributed by atoms with Gasteiger partial charge in [0.05, 0.1) is 11.5 Å². The summed E-state index contributed by atoms with van der Waals surface area (Å²) in [6, 6.07) is 6.45. The van der Waals surface area contributed by atoms with Crippen LogP contribution in [-0.2, 0) is 16.6 Å². The molecular weight excluding hydrogens is 286 g/mol. The zero-order valence-corrected chi connectivity index (χ0v) is 13.4. The van der Waals surface area contributed by atoms with E-state index in [9.17, 15) is 8.42 Å². The number of benzene rings is 1. The lowest BCUT2D eigenvalue weighted by Gasteiger charge is -2.26. The average Bonchev–Trinajstić information content (AvgIpc) is 2.47. The summed E-state index contributed by atoms with van der Waals surface area (Å²) in [7, 11) is -3.47. The lowest BCUT2D eigenvalue weighted by Crippen LogP contribution is -2.27. The van der Waals surface area contributed by atoms with E-state index in [1.54, 1.807) is 18.2 Å². The fourth-order valence-corrected chi connectivity index (χ4v) is 4.23. The van der Waals surface area contributed by atoms with Crippen LogP contribution in [0, 0.1) is 11.8 Å². The maximum absolute atomic E-state index is 12.2. The highest BCUT2D eigenvalue weighted by Crippen LogP contribution is 2.30. The molecule has 0 spiro atoms. The van der Waals surface area contributed by atoms with E-state index in [1.807, 2.05) is 0 Å². The molecule has 0 aliphatic heterocycles. The second kappa shape index (κ2) is 7.38. The van der Waals surface area contributed by atoms with Gasteiger partial charge in [0.1, 0.15) is 0 Å². The first-order chi connectivity index (χ1) is 10.0. The van der Waals surface area contributed by atoms with Gasteiger partial charge in [0.25, 0.3) is 0 Å². The van der Waals surface area contributed by atoms with Crippen molar-refractivity contribution in [3.05, 3.63) is 29.8 Å². The minimum absolute atomic E-state index is 0.149. The van der Waals surface area contributed by atoms with Gasteiger partial charge in [-0.25, -0.2) is 13.1 Å². The zero-order valence-electron chi connectivity index (χ0n) is 12.6. The molecule has 0 aromatic heterocycles. The van der Waals surface area contributed by atoms with E-state index in [0.717, 1.165) is 12.3 Å². The molecular formula is C16H25NO3S. The Hall–Kier alpha value is -0.910. The summed E-state index contributed by atoms with van der Waals surface area (Å²) < 4.78 is 27.1. The minimum atomic E-state index is -3.47. The van der Waals surface area contributed by atoms with Crippen molar-refractivity contribution in [2.24, 2.45) is 11.8 Å². The molecule has 118 valence electrons. The van der Waals surface area contributed by atoms with E-state index in [-0.39, 0.29) is 11.5 Å². The minimum Gasteiger partial charge on any atom is -0.392 e. The fraction of sp³-hybridized carbons (Fsp3) is 0.625. The SMILES string of the molecule is CC1CCCC(CCNS(=O)(=O)c2cccc(CO)c2)C1. The fourth-order valence-electron chi connectivity index (χ4n) is 3.11. The molecule has 2 rings (SSSR count). The van der Waals surface area contributed by atoms with Gasteiger partial charge >= 0.3 is 0 Å². The predicted molar refractivity (Wildman–Crippen MR) is 83.3 cm³/mol. The summed E-state index contributed by atoms with van der Waals surface area (Å²) >= 11 is 0. The molecule has 1 saturated carbocycles. The van der Waals surface area contributed by atoms with Crippen molar-refractivity contribution in [3.63, 3.8) is 0 Å². The van der Waals surface area contributed by atoms with E-state index in [2.05, 4.69) is 11.6 Å². The normalized spacial score (nSPS) is 23.1. The summed E-state index contributed by atoms with van der Waals surface area (Å²) in [5.41, 5.74) is 0.610. The summed E-state index contributed by atoms with van der Waals surface area (Å²) in [6.45, 7) is 2.61. The third-order valence-electron chi connectivity index (χ3n) is 4.28. The molecule has 4 nitrogen and oxygen atoms in total. The van der Waals surface area contributed by atoms with E-state index in [4.69, 9.17) is 5.11 Å². The quantitative estimate of drug-likeness (QED) is 0.849. The number of sulfonamides is 1. The molecule has 0 amide bonds. The largest absolute Gasteiger partial charge is 0.392 e. The third kappa shape index (κ3) is 4.80. The van der Waals surface area contributed by atoms with Gasteiger partial charge in [-0.05, 0) is 42.4 Å². The molecule has 0 heterocycles. The summed E-state index contributed by atoms with van der Waals surface area (Å²) in [4.78, 5) is 0.228. The van der Waals surface area contributed by atoms with Gasteiger partial charge in [-0.2, -0.15) is 0 Å². The summed E-state index contributed by atoms with van der Waals surface area (Å²) in [5.74, 6) is 1.40. The van der Waals surface area contributed by atoms with Crippen LogP contribution in [0.3, 0.4) is 0 Å². The highest BCUT2D eigenvalue weighted by atomic mass is 32.2. The smallest absolute Gasteiger partial charge is 0.240 e. The monoisotopic (exact) mass is 311 g/mol. The van der Waals surface area contributed by atoms with Crippen molar-refractivity contribution in [2.45, 2.75) is 50.5 Å². The van der Waals surface area contributed by atoms with Crippen LogP contribution in [0.15, 0.2) is 29.2 Å². The highest BCUT2D eigenvalue weighted by Gasteiger charge is 2.20. The van der Waals surface area contributed by atoms with Gasteiger partial charge in [0.15, 0.2) is 0 Å². The Kier molecular flexibility index (Phi) is 5.79. The van der Waals surface area contributed by atoms with Crippen LogP contribution in [0.1, 0.15) is 44.6 Å². The molecule has 1 aromatic carbocycles. The van der Waals surface area contributed by atoms with Gasteiger partial charge in [-0.3, -0.25) is 0 Å². The third-order valence-corrected chi connectivity index (χ3v) is 5.74. The second-order valence-corrected chi connectivity index (χ2v) is 7.90. The Morgan fingerprint density at radius 2 is 2.14 bits per heavy atom. The number of nitrogens with one attached hydrogen (secondary N) is 1. The maximum Gasteiger partial charge on any atom is 0.240 e. The predicted octanol–water partition coefficient (Wildman–Crippen LogP) is 2.67. The number of aliphatic hydroxyl groups is 1. The van der Waals surface area contributed by atoms with E-state index >= 15 is 0 Å². The Labute approximate surface area is 127 Å². The first-order valence-corrected chi connectivity index (χ1v) is 9.19. The van der Waals surface area contributed by atoms with Crippen molar-refractivity contribution in [2.75, 3.05) is 6.54 Å². The molecule has 2 unspecified atom stereocenters. The summed E-state index contributed by atoms with van der Waals surface area (Å²) in [5, 5.41) is 9.08. The number of rotatable bonds is 6. The zero-order chi connectivity index (χ0) is 15.3. The van der Waals surface area contributed by atoms with Crippen molar-refractivity contribution in [1.29, 1.82) is 0 Å². The van der Waals surface area contributed by atoms with Gasteiger partial charge in [0.2, 0.25) is 10.0 Å². The Morgan fingerprint density at radius 3 is 2.86 bits per heavy atom. The second-order valence-electron chi connectivity index (χ2n) is 6.13. The first kappa shape index (κ1) is 16.5. The van der Waals surface area contributed by atoms with Gasteiger partial charge in [0, 0.05) is 6.54 Å². The van der Waals surface area contributed by atoms with Crippen LogP contribution in [0.2, 0.25) is 0 Å². The van der Waals surface area contributed by atoms with Crippen molar-refractivity contribution < 1.29 is 13.5 Å². The van der Waals surface area contributed by atoms with Crippen LogP contribution in [-0.4, -0.2) is 20.1 Å². The lowest BCUT2D eigenvalue weighted by atomic mass is 9.81. The Balaban J connectivity index is 1.89. The van der Waals surface area contributed by atoms with Crippen LogP contribution in [0.4, 0.5) is 0 Å². The van der Waals surface area contributed by atoms with Crippen LogP contribution in [0.25, 0.3) is 0 Å². The number of hydrogen-bond donors (Lipinski definition) is 2. The average molecular weight is 311 g/mol. The van der Waals surface area contributed by atoms with Crippen molar-refractivity contribution >= 4 is 10.0 Å². The Morgan fingerprint density at radius 1 is 1.33 bits per heavy atom. The van der Waals surface area contributed by atoms with Gasteiger partial charge in [-0.15, -0.1) is 0 Å². The molecule has 2 N–H and O–H groups in total. The number of hydrogen-bond acceptors (Lipinski definition) is 3. The highest BCUT2D eigenvalue weighted by molar-refractivity contribution is 7.89. The van der Waals surface area contributed by atoms with Gasteiger partial charge in [-0.1, -0.05) is 38.3 Å². The standard InChI is InChI=1S/C16H25NO3S/c1-13-4-2-5-14(10-13)8-9-17-21(19,20)16-7-3-6-15(11-16)12-18/h3,6-7,11,13-14,17-18H,2,4-5,8-10,12H2,1H3. The molecule has 0 bridgehead atoms.